The van der Waals surface area contributed by atoms with Gasteiger partial charge in [-0.1, -0.05) is 42.5 Å². The third-order valence-electron chi connectivity index (χ3n) is 5.68. The maximum Gasteiger partial charge on any atom is 0.331 e. The van der Waals surface area contributed by atoms with Crippen molar-refractivity contribution >= 4 is 17.7 Å². The van der Waals surface area contributed by atoms with Gasteiger partial charge in [-0.25, -0.2) is 4.79 Å². The first-order chi connectivity index (χ1) is 13.5. The number of rotatable bonds is 6. The lowest BCUT2D eigenvalue weighted by Crippen LogP contribution is -2.42. The van der Waals surface area contributed by atoms with Crippen molar-refractivity contribution in [1.29, 1.82) is 0 Å². The number of nitrogens with zero attached hydrogens (tertiary/aromatic N) is 1. The largest absolute Gasteiger partial charge is 0.478 e. The average molecular weight is 379 g/mol. The monoisotopic (exact) mass is 379 g/mol. The van der Waals surface area contributed by atoms with Gasteiger partial charge in [0.2, 0.25) is 0 Å². The second-order valence-electron chi connectivity index (χ2n) is 7.49. The Labute approximate surface area is 164 Å². The molecule has 0 saturated carbocycles. The molecule has 5 N–H and O–H groups in total. The molecule has 2 aromatic rings. The summed E-state index contributed by atoms with van der Waals surface area (Å²) in [7, 11) is 0. The zero-order valence-corrected chi connectivity index (χ0v) is 15.6. The van der Waals surface area contributed by atoms with E-state index in [1.54, 1.807) is 6.08 Å². The van der Waals surface area contributed by atoms with E-state index in [-0.39, 0.29) is 6.17 Å². The molecular weight excluding hydrogens is 354 g/mol. The molecule has 4 rings (SSSR count). The number of carbonyl (C=O) groups is 1. The van der Waals surface area contributed by atoms with Crippen molar-refractivity contribution in [3.05, 3.63) is 70.8 Å². The van der Waals surface area contributed by atoms with E-state index >= 15 is 0 Å². The first kappa shape index (κ1) is 18.7. The summed E-state index contributed by atoms with van der Waals surface area (Å²) < 4.78 is 0. The van der Waals surface area contributed by atoms with E-state index in [9.17, 15) is 15.0 Å². The van der Waals surface area contributed by atoms with Crippen molar-refractivity contribution < 1.29 is 15.0 Å². The highest BCUT2D eigenvalue weighted by atomic mass is 16.4. The maximum atomic E-state index is 11.3. The number of benzene rings is 2. The first-order valence-corrected chi connectivity index (χ1v) is 9.56. The maximum absolute atomic E-state index is 11.3. The van der Waals surface area contributed by atoms with Crippen LogP contribution >= 0.6 is 0 Å². The summed E-state index contributed by atoms with van der Waals surface area (Å²) in [6, 6.07) is 15.8. The summed E-state index contributed by atoms with van der Waals surface area (Å²) in [6.07, 6.45) is 2.58. The standard InChI is InChI=1S/C22H25N3O3/c23-11-9-17(20(26)27)13-15-5-7-16(8-6-15)14-25-12-10-22(28)18-3-1-2-4-19(18)24-21(22)25/h1-8,13,21,24,28H,9-12,14,23H2,(H,26,27)/b17-13+. The van der Waals surface area contributed by atoms with Gasteiger partial charge in [-0.3, -0.25) is 4.90 Å². The van der Waals surface area contributed by atoms with Gasteiger partial charge in [-0.05, 0) is 42.7 Å². The van der Waals surface area contributed by atoms with Crippen molar-refractivity contribution in [2.24, 2.45) is 5.73 Å². The molecule has 0 radical (unpaired) electrons. The number of likely N-dealkylation sites (tertiary alicyclic amines) is 1. The molecular formula is C22H25N3O3. The molecule has 0 amide bonds. The van der Waals surface area contributed by atoms with Crippen LogP contribution in [0.25, 0.3) is 6.08 Å². The molecule has 1 saturated heterocycles. The number of nitrogens with two attached hydrogens (primary N) is 1. The Kier molecular flexibility index (Phi) is 4.93. The molecule has 2 aliphatic rings. The van der Waals surface area contributed by atoms with Crippen molar-refractivity contribution in [1.82, 2.24) is 4.90 Å². The van der Waals surface area contributed by atoms with Crippen molar-refractivity contribution in [3.63, 3.8) is 0 Å². The minimum atomic E-state index is -0.933. The highest BCUT2D eigenvalue weighted by molar-refractivity contribution is 5.92. The third kappa shape index (κ3) is 3.30. The third-order valence-corrected chi connectivity index (χ3v) is 5.68. The number of hydrogen-bond acceptors (Lipinski definition) is 5. The van der Waals surface area contributed by atoms with Gasteiger partial charge in [-0.15, -0.1) is 0 Å². The molecule has 146 valence electrons. The number of carboxylic acids is 1. The van der Waals surface area contributed by atoms with Gasteiger partial charge in [0.25, 0.3) is 0 Å². The Bertz CT molecular complexity index is 909. The number of carboxylic acid groups (broad SMARTS) is 1. The molecule has 2 atom stereocenters. The van der Waals surface area contributed by atoms with Crippen LogP contribution in [0.4, 0.5) is 5.69 Å². The van der Waals surface area contributed by atoms with Crippen LogP contribution in [0.15, 0.2) is 54.1 Å². The fraction of sp³-hybridized carbons (Fsp3) is 0.318. The van der Waals surface area contributed by atoms with E-state index in [0.29, 0.717) is 31.5 Å². The molecule has 2 unspecified atom stereocenters. The van der Waals surface area contributed by atoms with Crippen molar-refractivity contribution in [2.75, 3.05) is 18.4 Å². The van der Waals surface area contributed by atoms with E-state index in [2.05, 4.69) is 10.2 Å². The number of nitrogens with one attached hydrogen (secondary N) is 1. The second-order valence-corrected chi connectivity index (χ2v) is 7.49. The van der Waals surface area contributed by atoms with Crippen LogP contribution in [-0.2, 0) is 16.9 Å². The summed E-state index contributed by atoms with van der Waals surface area (Å²) in [5.74, 6) is -0.933. The minimum absolute atomic E-state index is 0.132. The lowest BCUT2D eigenvalue weighted by Gasteiger charge is -2.28. The van der Waals surface area contributed by atoms with Crippen molar-refractivity contribution in [3.8, 4) is 0 Å². The topological polar surface area (TPSA) is 98.8 Å². The normalized spacial score (nSPS) is 23.9. The predicted octanol–water partition coefficient (Wildman–Crippen LogP) is 2.35. The molecule has 1 fully saturated rings. The zero-order chi connectivity index (χ0) is 19.7. The Morgan fingerprint density at radius 2 is 2.00 bits per heavy atom. The molecule has 2 heterocycles. The molecule has 28 heavy (non-hydrogen) atoms. The first-order valence-electron chi connectivity index (χ1n) is 9.56. The predicted molar refractivity (Wildman–Crippen MR) is 109 cm³/mol. The Balaban J connectivity index is 1.48. The molecule has 0 bridgehead atoms. The van der Waals surface area contributed by atoms with Gasteiger partial charge in [0, 0.05) is 29.9 Å². The van der Waals surface area contributed by atoms with Crippen LogP contribution in [0.1, 0.15) is 29.5 Å². The SMILES string of the molecule is NCC/C(=C\c1ccc(CN2CCC3(O)c4ccccc4NC23)cc1)C(=O)O. The molecule has 6 nitrogen and oxygen atoms in total. The Morgan fingerprint density at radius 1 is 1.25 bits per heavy atom. The highest BCUT2D eigenvalue weighted by Crippen LogP contribution is 2.46. The van der Waals surface area contributed by atoms with Gasteiger partial charge in [0.05, 0.1) is 0 Å². The number of hydrogen-bond donors (Lipinski definition) is 4. The molecule has 6 heteroatoms. The van der Waals surface area contributed by atoms with Crippen molar-refractivity contribution in [2.45, 2.75) is 31.2 Å². The minimum Gasteiger partial charge on any atom is -0.478 e. The van der Waals surface area contributed by atoms with Gasteiger partial charge >= 0.3 is 5.97 Å². The number of fused-ring (bicyclic) bond motifs is 3. The van der Waals surface area contributed by atoms with E-state index in [0.717, 1.165) is 28.9 Å². The molecule has 0 aliphatic carbocycles. The highest BCUT2D eigenvalue weighted by Gasteiger charge is 2.52. The van der Waals surface area contributed by atoms with E-state index < -0.39 is 11.6 Å². The van der Waals surface area contributed by atoms with Crippen LogP contribution < -0.4 is 11.1 Å². The average Bonchev–Trinajstić information content (AvgIpc) is 3.15. The van der Waals surface area contributed by atoms with Crippen LogP contribution in [0.5, 0.6) is 0 Å². The van der Waals surface area contributed by atoms with E-state index in [4.69, 9.17) is 5.73 Å². The number of anilines is 1. The summed E-state index contributed by atoms with van der Waals surface area (Å²) in [5.41, 5.74) is 8.89. The molecule has 0 aromatic heterocycles. The quantitative estimate of drug-likeness (QED) is 0.575. The fourth-order valence-corrected chi connectivity index (χ4v) is 4.23. The summed E-state index contributed by atoms with van der Waals surface area (Å²) in [5, 5.41) is 23.9. The van der Waals surface area contributed by atoms with Crippen LogP contribution in [-0.4, -0.2) is 40.3 Å². The van der Waals surface area contributed by atoms with Gasteiger partial charge in [0.1, 0.15) is 11.8 Å². The summed E-state index contributed by atoms with van der Waals surface area (Å²) in [6.45, 7) is 1.83. The summed E-state index contributed by atoms with van der Waals surface area (Å²) >= 11 is 0. The second kappa shape index (κ2) is 7.39. The van der Waals surface area contributed by atoms with E-state index in [1.165, 1.54) is 0 Å². The lowest BCUT2D eigenvalue weighted by atomic mass is 9.93. The number of aliphatic hydroxyl groups is 1. The molecule has 2 aromatic carbocycles. The number of aliphatic carboxylic acids is 1. The molecule has 0 spiro atoms. The molecule has 2 aliphatic heterocycles. The van der Waals surface area contributed by atoms with Crippen LogP contribution in [0, 0.1) is 0 Å². The lowest BCUT2D eigenvalue weighted by molar-refractivity contribution is -0.132. The Hall–Kier alpha value is -2.67. The number of para-hydroxylation sites is 1. The smallest absolute Gasteiger partial charge is 0.331 e. The van der Waals surface area contributed by atoms with Crippen LogP contribution in [0.2, 0.25) is 0 Å². The van der Waals surface area contributed by atoms with E-state index in [1.807, 2.05) is 48.5 Å². The zero-order valence-electron chi connectivity index (χ0n) is 15.6. The van der Waals surface area contributed by atoms with Crippen LogP contribution in [0.3, 0.4) is 0 Å². The fourth-order valence-electron chi connectivity index (χ4n) is 4.23. The van der Waals surface area contributed by atoms with Gasteiger partial charge in [-0.2, -0.15) is 0 Å². The Morgan fingerprint density at radius 3 is 2.71 bits per heavy atom. The van der Waals surface area contributed by atoms with Gasteiger partial charge in [0.15, 0.2) is 0 Å². The summed E-state index contributed by atoms with van der Waals surface area (Å²) in [4.78, 5) is 13.5. The van der Waals surface area contributed by atoms with Gasteiger partial charge < -0.3 is 21.3 Å².